The van der Waals surface area contributed by atoms with Crippen LogP contribution in [0.25, 0.3) is 34.0 Å². The van der Waals surface area contributed by atoms with Crippen molar-refractivity contribution in [3.63, 3.8) is 0 Å². The smallest absolute Gasteiger partial charge is 0.303 e. The van der Waals surface area contributed by atoms with Crippen molar-refractivity contribution in [2.75, 3.05) is 12.4 Å². The molecular formula is C29H29ClN4O4. The van der Waals surface area contributed by atoms with Gasteiger partial charge in [0, 0.05) is 30.5 Å². The summed E-state index contributed by atoms with van der Waals surface area (Å²) in [6.07, 6.45) is 4.52. The minimum Gasteiger partial charge on any atom is -0.481 e. The molecule has 0 aliphatic heterocycles. The van der Waals surface area contributed by atoms with Crippen molar-refractivity contribution in [2.45, 2.75) is 45.3 Å². The molecule has 1 aliphatic carbocycles. The van der Waals surface area contributed by atoms with Crippen LogP contribution in [0.15, 0.2) is 59.3 Å². The van der Waals surface area contributed by atoms with Crippen LogP contribution in [-0.4, -0.2) is 39.4 Å². The lowest BCUT2D eigenvalue weighted by Crippen LogP contribution is -2.26. The number of rotatable bonds is 9. The number of pyridine rings is 1. The number of carbonyl (C=O) groups is 1. The van der Waals surface area contributed by atoms with E-state index < -0.39 is 5.97 Å². The van der Waals surface area contributed by atoms with E-state index in [-0.39, 0.29) is 18.4 Å². The van der Waals surface area contributed by atoms with Crippen molar-refractivity contribution in [3.8, 4) is 34.0 Å². The minimum absolute atomic E-state index is 0.0302. The Morgan fingerprint density at radius 1 is 1.16 bits per heavy atom. The first-order valence-electron chi connectivity index (χ1n) is 12.6. The predicted octanol–water partition coefficient (Wildman–Crippen LogP) is 6.63. The van der Waals surface area contributed by atoms with Crippen LogP contribution in [-0.2, 0) is 16.1 Å². The van der Waals surface area contributed by atoms with Gasteiger partial charge in [0.1, 0.15) is 5.82 Å². The Labute approximate surface area is 226 Å². The Hall–Kier alpha value is -3.75. The van der Waals surface area contributed by atoms with Crippen molar-refractivity contribution in [1.29, 1.82) is 0 Å². The average Bonchev–Trinajstić information content (AvgIpc) is 3.56. The third-order valence-electron chi connectivity index (χ3n) is 7.03. The fourth-order valence-electron chi connectivity index (χ4n) is 5.13. The molecule has 38 heavy (non-hydrogen) atoms. The van der Waals surface area contributed by atoms with Gasteiger partial charge in [0.25, 0.3) is 5.89 Å². The molecule has 2 N–H and O–H groups in total. The number of nitrogens with zero attached hydrogens (tertiary/aromatic N) is 3. The molecule has 4 aromatic rings. The van der Waals surface area contributed by atoms with Gasteiger partial charge in [-0.15, -0.1) is 0 Å². The highest BCUT2D eigenvalue weighted by molar-refractivity contribution is 6.33. The van der Waals surface area contributed by atoms with Crippen LogP contribution in [0.1, 0.15) is 36.8 Å². The predicted molar refractivity (Wildman–Crippen MR) is 146 cm³/mol. The molecule has 1 fully saturated rings. The summed E-state index contributed by atoms with van der Waals surface area (Å²) >= 11 is 6.54. The molecule has 0 amide bonds. The molecule has 1 aliphatic rings. The molecular weight excluding hydrogens is 504 g/mol. The van der Waals surface area contributed by atoms with E-state index in [1.54, 1.807) is 19.4 Å². The van der Waals surface area contributed by atoms with Gasteiger partial charge in [-0.2, -0.15) is 4.98 Å². The highest BCUT2D eigenvalue weighted by Crippen LogP contribution is 2.34. The van der Waals surface area contributed by atoms with E-state index in [1.807, 2.05) is 24.3 Å². The molecule has 9 heteroatoms. The number of benzene rings is 2. The van der Waals surface area contributed by atoms with Crippen LogP contribution in [0.5, 0.6) is 0 Å². The lowest BCUT2D eigenvalue weighted by atomic mass is 9.94. The number of aliphatic carboxylic acids is 1. The third-order valence-corrected chi connectivity index (χ3v) is 7.32. The van der Waals surface area contributed by atoms with Crippen molar-refractivity contribution in [3.05, 3.63) is 70.9 Å². The summed E-state index contributed by atoms with van der Waals surface area (Å²) in [5.41, 5.74) is 5.87. The van der Waals surface area contributed by atoms with E-state index in [0.717, 1.165) is 41.5 Å². The fourth-order valence-corrected chi connectivity index (χ4v) is 5.36. The van der Waals surface area contributed by atoms with Gasteiger partial charge in [-0.3, -0.25) is 4.79 Å². The summed E-state index contributed by atoms with van der Waals surface area (Å²) in [4.78, 5) is 20.2. The van der Waals surface area contributed by atoms with E-state index in [2.05, 4.69) is 45.6 Å². The Morgan fingerprint density at radius 3 is 2.76 bits per heavy atom. The average molecular weight is 533 g/mol. The molecule has 0 saturated heterocycles. The number of halogens is 1. The molecule has 2 atom stereocenters. The SMILES string of the molecule is COCc1cc(-c2nc(-c3cnc(N[C@@H]4CCC[C@@H]4CC(=O)O)c(Cl)c3)no2)ccc1-c1ccccc1C. The summed E-state index contributed by atoms with van der Waals surface area (Å²) < 4.78 is 11.1. The molecule has 0 bridgehead atoms. The largest absolute Gasteiger partial charge is 0.481 e. The van der Waals surface area contributed by atoms with Crippen LogP contribution in [0.2, 0.25) is 5.02 Å². The van der Waals surface area contributed by atoms with Gasteiger partial charge < -0.3 is 19.7 Å². The Bertz CT molecular complexity index is 1450. The van der Waals surface area contributed by atoms with E-state index in [1.165, 1.54) is 5.56 Å². The van der Waals surface area contributed by atoms with Gasteiger partial charge in [0.15, 0.2) is 0 Å². The molecule has 0 radical (unpaired) electrons. The van der Waals surface area contributed by atoms with Gasteiger partial charge in [-0.05, 0) is 66.1 Å². The van der Waals surface area contributed by atoms with Crippen molar-refractivity contribution in [2.24, 2.45) is 5.92 Å². The number of carboxylic acid groups (broad SMARTS) is 1. The highest BCUT2D eigenvalue weighted by Gasteiger charge is 2.30. The zero-order valence-corrected chi connectivity index (χ0v) is 22.0. The molecule has 2 aromatic carbocycles. The van der Waals surface area contributed by atoms with Gasteiger partial charge in [-0.25, -0.2) is 4.98 Å². The monoisotopic (exact) mass is 532 g/mol. The van der Waals surface area contributed by atoms with Crippen molar-refractivity contribution < 1.29 is 19.2 Å². The van der Waals surface area contributed by atoms with E-state index in [9.17, 15) is 9.90 Å². The Morgan fingerprint density at radius 2 is 2.00 bits per heavy atom. The first kappa shape index (κ1) is 25.9. The number of hydrogen-bond acceptors (Lipinski definition) is 7. The number of methoxy groups -OCH3 is 1. The van der Waals surface area contributed by atoms with Crippen molar-refractivity contribution in [1.82, 2.24) is 15.1 Å². The van der Waals surface area contributed by atoms with Crippen LogP contribution in [0.3, 0.4) is 0 Å². The molecule has 5 rings (SSSR count). The Balaban J connectivity index is 1.37. The fraction of sp³-hybridized carbons (Fsp3) is 0.310. The number of carboxylic acids is 1. The van der Waals surface area contributed by atoms with Gasteiger partial charge >= 0.3 is 5.97 Å². The second-order valence-electron chi connectivity index (χ2n) is 9.64. The zero-order chi connectivity index (χ0) is 26.6. The number of aromatic nitrogens is 3. The van der Waals surface area contributed by atoms with E-state index in [4.69, 9.17) is 20.9 Å². The first-order valence-corrected chi connectivity index (χ1v) is 13.0. The molecule has 0 unspecified atom stereocenters. The number of anilines is 1. The highest BCUT2D eigenvalue weighted by atomic mass is 35.5. The lowest BCUT2D eigenvalue weighted by Gasteiger charge is -2.20. The van der Waals surface area contributed by atoms with Crippen LogP contribution in [0.4, 0.5) is 5.82 Å². The van der Waals surface area contributed by atoms with Crippen LogP contribution in [0, 0.1) is 12.8 Å². The number of aryl methyl sites for hydroxylation is 1. The third kappa shape index (κ3) is 5.56. The summed E-state index contributed by atoms with van der Waals surface area (Å²) in [5.74, 6) is 0.559. The van der Waals surface area contributed by atoms with Crippen LogP contribution >= 0.6 is 11.6 Å². The number of nitrogens with one attached hydrogen (secondary N) is 1. The number of hydrogen-bond donors (Lipinski definition) is 2. The second kappa shape index (κ2) is 11.3. The summed E-state index contributed by atoms with van der Waals surface area (Å²) in [6.45, 7) is 2.53. The van der Waals surface area contributed by atoms with E-state index >= 15 is 0 Å². The minimum atomic E-state index is -0.787. The normalized spacial score (nSPS) is 17.0. The molecule has 1 saturated carbocycles. The standard InChI is InChI=1S/C29H29ClN4O4/c1-17-6-3-4-8-22(17)23-11-10-19(12-21(23)16-37-2)29-33-27(34-38-29)20-13-24(30)28(31-15-20)32-25-9-5-7-18(25)14-26(35)36/h3-4,6,8,10-13,15,18,25H,5,7,9,14,16H2,1-2H3,(H,31,32)(H,35,36)/t18-,25-/m1/s1. The maximum atomic E-state index is 11.2. The van der Waals surface area contributed by atoms with Crippen molar-refractivity contribution >= 4 is 23.4 Å². The molecule has 196 valence electrons. The quantitative estimate of drug-likeness (QED) is 0.247. The van der Waals surface area contributed by atoms with Gasteiger partial charge in [0.2, 0.25) is 5.82 Å². The zero-order valence-electron chi connectivity index (χ0n) is 21.3. The molecule has 2 aromatic heterocycles. The number of ether oxygens (including phenoxy) is 1. The summed E-state index contributed by atoms with van der Waals surface area (Å²) in [7, 11) is 1.67. The maximum Gasteiger partial charge on any atom is 0.303 e. The summed E-state index contributed by atoms with van der Waals surface area (Å²) in [5, 5.41) is 17.1. The first-order chi connectivity index (χ1) is 18.4. The van der Waals surface area contributed by atoms with Crippen LogP contribution < -0.4 is 5.32 Å². The second-order valence-corrected chi connectivity index (χ2v) is 10.0. The maximum absolute atomic E-state index is 11.2. The van der Waals surface area contributed by atoms with Gasteiger partial charge in [-0.1, -0.05) is 53.5 Å². The molecule has 0 spiro atoms. The molecule has 2 heterocycles. The van der Waals surface area contributed by atoms with E-state index in [0.29, 0.717) is 34.7 Å². The lowest BCUT2D eigenvalue weighted by molar-refractivity contribution is -0.138. The topological polar surface area (TPSA) is 110 Å². The summed E-state index contributed by atoms with van der Waals surface area (Å²) in [6, 6.07) is 16.0. The molecule has 8 nitrogen and oxygen atoms in total. The Kier molecular flexibility index (Phi) is 7.72. The van der Waals surface area contributed by atoms with Gasteiger partial charge in [0.05, 0.1) is 18.1 Å².